The number of hydrogen-bond acceptors (Lipinski definition) is 2. The van der Waals surface area contributed by atoms with Crippen molar-refractivity contribution in [1.29, 1.82) is 0 Å². The molecule has 2 heterocycles. The summed E-state index contributed by atoms with van der Waals surface area (Å²) >= 11 is 0. The average Bonchev–Trinajstić information content (AvgIpc) is 2.17. The molecule has 0 atom stereocenters. The Hall–Kier alpha value is -1.32. The normalized spacial score (nSPS) is 15.5. The van der Waals surface area contributed by atoms with Gasteiger partial charge >= 0.3 is 0 Å². The zero-order valence-electron chi connectivity index (χ0n) is 6.87. The standard InChI is InChI=1S/C9H8F2N2/c10-9(11)8-6-2-1-4-12-7(6)3-5-13-8/h1-2,4,9H,3,5H2. The van der Waals surface area contributed by atoms with Gasteiger partial charge in [-0.05, 0) is 12.1 Å². The number of halogens is 2. The topological polar surface area (TPSA) is 25.2 Å². The van der Waals surface area contributed by atoms with Crippen molar-refractivity contribution in [3.8, 4) is 0 Å². The van der Waals surface area contributed by atoms with Crippen LogP contribution < -0.4 is 0 Å². The fourth-order valence-corrected chi connectivity index (χ4v) is 1.42. The van der Waals surface area contributed by atoms with Gasteiger partial charge in [0.2, 0.25) is 0 Å². The Morgan fingerprint density at radius 3 is 3.00 bits per heavy atom. The third kappa shape index (κ3) is 1.43. The van der Waals surface area contributed by atoms with E-state index in [1.54, 1.807) is 18.3 Å². The number of hydrogen-bond donors (Lipinski definition) is 0. The van der Waals surface area contributed by atoms with Crippen LogP contribution in [0.4, 0.5) is 8.78 Å². The van der Waals surface area contributed by atoms with Crippen LogP contribution in [0.2, 0.25) is 0 Å². The van der Waals surface area contributed by atoms with Crippen LogP contribution in [0.3, 0.4) is 0 Å². The van der Waals surface area contributed by atoms with E-state index in [0.717, 1.165) is 5.69 Å². The zero-order chi connectivity index (χ0) is 9.26. The molecule has 4 heteroatoms. The lowest BCUT2D eigenvalue weighted by Crippen LogP contribution is -2.20. The van der Waals surface area contributed by atoms with E-state index >= 15 is 0 Å². The van der Waals surface area contributed by atoms with Crippen molar-refractivity contribution in [3.05, 3.63) is 29.6 Å². The highest BCUT2D eigenvalue weighted by atomic mass is 19.3. The van der Waals surface area contributed by atoms with Crippen molar-refractivity contribution in [2.24, 2.45) is 4.99 Å². The first kappa shape index (κ1) is 8.29. The molecular weight excluding hydrogens is 174 g/mol. The number of alkyl halides is 2. The molecule has 13 heavy (non-hydrogen) atoms. The third-order valence-electron chi connectivity index (χ3n) is 2.00. The van der Waals surface area contributed by atoms with Crippen LogP contribution >= 0.6 is 0 Å². The van der Waals surface area contributed by atoms with Crippen LogP contribution in [0.15, 0.2) is 23.3 Å². The second-order valence-electron chi connectivity index (χ2n) is 2.82. The highest BCUT2D eigenvalue weighted by molar-refractivity contribution is 6.04. The minimum atomic E-state index is -2.50. The predicted molar refractivity (Wildman–Crippen MR) is 45.3 cm³/mol. The summed E-state index contributed by atoms with van der Waals surface area (Å²) in [7, 11) is 0. The van der Waals surface area contributed by atoms with Crippen LogP contribution in [0.1, 0.15) is 11.3 Å². The lowest BCUT2D eigenvalue weighted by Gasteiger charge is -2.14. The van der Waals surface area contributed by atoms with Crippen molar-refractivity contribution in [2.75, 3.05) is 6.54 Å². The Kier molecular flexibility index (Phi) is 2.04. The maximum Gasteiger partial charge on any atom is 0.280 e. The minimum Gasteiger partial charge on any atom is -0.283 e. The van der Waals surface area contributed by atoms with Gasteiger partial charge in [0, 0.05) is 24.7 Å². The molecule has 0 saturated carbocycles. The van der Waals surface area contributed by atoms with Gasteiger partial charge in [-0.1, -0.05) is 0 Å². The van der Waals surface area contributed by atoms with Gasteiger partial charge in [-0.25, -0.2) is 8.78 Å². The summed E-state index contributed by atoms with van der Waals surface area (Å²) < 4.78 is 24.9. The summed E-state index contributed by atoms with van der Waals surface area (Å²) in [5.74, 6) is 0. The molecule has 0 saturated heterocycles. The van der Waals surface area contributed by atoms with Gasteiger partial charge in [0.25, 0.3) is 6.43 Å². The number of aromatic nitrogens is 1. The maximum atomic E-state index is 12.4. The Morgan fingerprint density at radius 1 is 1.38 bits per heavy atom. The molecular formula is C9H8F2N2. The van der Waals surface area contributed by atoms with E-state index in [9.17, 15) is 8.78 Å². The molecule has 0 N–H and O–H groups in total. The van der Waals surface area contributed by atoms with Gasteiger partial charge in [-0.2, -0.15) is 0 Å². The van der Waals surface area contributed by atoms with Crippen molar-refractivity contribution in [1.82, 2.24) is 4.98 Å². The molecule has 0 aromatic carbocycles. The summed E-state index contributed by atoms with van der Waals surface area (Å²) in [5.41, 5.74) is 1.12. The average molecular weight is 182 g/mol. The lowest BCUT2D eigenvalue weighted by atomic mass is 10.0. The van der Waals surface area contributed by atoms with Crippen LogP contribution in [0, 0.1) is 0 Å². The Bertz CT molecular complexity index is 347. The molecule has 68 valence electrons. The fourth-order valence-electron chi connectivity index (χ4n) is 1.42. The first-order valence-corrected chi connectivity index (χ1v) is 4.06. The van der Waals surface area contributed by atoms with E-state index in [2.05, 4.69) is 9.98 Å². The number of fused-ring (bicyclic) bond motifs is 1. The highest BCUT2D eigenvalue weighted by Crippen LogP contribution is 2.17. The SMILES string of the molecule is FC(F)C1=NCCc2ncccc21. The molecule has 1 aromatic heterocycles. The zero-order valence-corrected chi connectivity index (χ0v) is 6.87. The molecule has 0 amide bonds. The van der Waals surface area contributed by atoms with E-state index in [1.165, 1.54) is 0 Å². The largest absolute Gasteiger partial charge is 0.283 e. The Labute approximate surface area is 74.3 Å². The quantitative estimate of drug-likeness (QED) is 0.648. The maximum absolute atomic E-state index is 12.4. The first-order valence-electron chi connectivity index (χ1n) is 4.06. The van der Waals surface area contributed by atoms with Gasteiger partial charge in [-0.15, -0.1) is 0 Å². The number of rotatable bonds is 1. The molecule has 0 fully saturated rings. The minimum absolute atomic E-state index is 0.116. The van der Waals surface area contributed by atoms with Crippen molar-refractivity contribution < 1.29 is 8.78 Å². The molecule has 1 aliphatic heterocycles. The monoisotopic (exact) mass is 182 g/mol. The smallest absolute Gasteiger partial charge is 0.280 e. The van der Waals surface area contributed by atoms with Crippen LogP contribution in [0.5, 0.6) is 0 Å². The van der Waals surface area contributed by atoms with Crippen LogP contribution in [-0.4, -0.2) is 23.7 Å². The predicted octanol–water partition coefficient (Wildman–Crippen LogP) is 1.69. The van der Waals surface area contributed by atoms with Crippen molar-refractivity contribution >= 4 is 5.71 Å². The Morgan fingerprint density at radius 2 is 2.23 bits per heavy atom. The Balaban J connectivity index is 2.47. The number of nitrogens with zero attached hydrogens (tertiary/aromatic N) is 2. The van der Waals surface area contributed by atoms with Crippen LogP contribution in [-0.2, 0) is 6.42 Å². The van der Waals surface area contributed by atoms with E-state index < -0.39 is 6.43 Å². The van der Waals surface area contributed by atoms with E-state index in [0.29, 0.717) is 18.5 Å². The second-order valence-corrected chi connectivity index (χ2v) is 2.82. The fraction of sp³-hybridized carbons (Fsp3) is 0.333. The third-order valence-corrected chi connectivity index (χ3v) is 2.00. The van der Waals surface area contributed by atoms with E-state index in [-0.39, 0.29) is 5.71 Å². The van der Waals surface area contributed by atoms with Crippen molar-refractivity contribution in [3.63, 3.8) is 0 Å². The highest BCUT2D eigenvalue weighted by Gasteiger charge is 2.21. The van der Waals surface area contributed by atoms with Gasteiger partial charge in [0.15, 0.2) is 0 Å². The second kappa shape index (κ2) is 3.20. The van der Waals surface area contributed by atoms with Gasteiger partial charge < -0.3 is 0 Å². The summed E-state index contributed by atoms with van der Waals surface area (Å²) in [6.45, 7) is 0.420. The molecule has 2 nitrogen and oxygen atoms in total. The van der Waals surface area contributed by atoms with Crippen molar-refractivity contribution in [2.45, 2.75) is 12.8 Å². The van der Waals surface area contributed by atoms with E-state index in [1.807, 2.05) is 0 Å². The number of pyridine rings is 1. The summed E-state index contributed by atoms with van der Waals surface area (Å²) in [6, 6.07) is 3.30. The molecule has 0 unspecified atom stereocenters. The van der Waals surface area contributed by atoms with Gasteiger partial charge in [0.1, 0.15) is 5.71 Å². The van der Waals surface area contributed by atoms with Gasteiger partial charge in [0.05, 0.1) is 5.69 Å². The molecule has 0 spiro atoms. The molecule has 1 aromatic rings. The van der Waals surface area contributed by atoms with Gasteiger partial charge in [-0.3, -0.25) is 9.98 Å². The van der Waals surface area contributed by atoms with Crippen LogP contribution in [0.25, 0.3) is 0 Å². The molecule has 0 aliphatic carbocycles. The molecule has 0 radical (unpaired) electrons. The first-order chi connectivity index (χ1) is 6.29. The van der Waals surface area contributed by atoms with E-state index in [4.69, 9.17) is 0 Å². The molecule has 0 bridgehead atoms. The molecule has 2 rings (SSSR count). The summed E-state index contributed by atoms with van der Waals surface area (Å²) in [6.07, 6.45) is -0.220. The molecule has 1 aliphatic rings. The lowest BCUT2D eigenvalue weighted by molar-refractivity contribution is 0.225. The summed E-state index contributed by atoms with van der Waals surface area (Å²) in [4.78, 5) is 7.83. The number of aliphatic imine (C=N–C) groups is 1. The summed E-state index contributed by atoms with van der Waals surface area (Å²) in [5, 5.41) is 0.